The van der Waals surface area contributed by atoms with E-state index < -0.39 is 35.1 Å². The van der Waals surface area contributed by atoms with Crippen LogP contribution in [0.4, 0.5) is 15.8 Å². The number of nitrogen functional groups attached to an aromatic ring is 1. The molecule has 3 aromatic rings. The quantitative estimate of drug-likeness (QED) is 0.320. The minimum absolute atomic E-state index is 0.0202. The Kier molecular flexibility index (Phi) is 9.10. The maximum absolute atomic E-state index is 15.3. The molecule has 4 rings (SSSR count). The van der Waals surface area contributed by atoms with Crippen LogP contribution in [0.3, 0.4) is 0 Å². The van der Waals surface area contributed by atoms with E-state index in [1.807, 2.05) is 0 Å². The van der Waals surface area contributed by atoms with Crippen LogP contribution in [0, 0.1) is 5.82 Å². The van der Waals surface area contributed by atoms with Gasteiger partial charge in [-0.15, -0.1) is 0 Å². The summed E-state index contributed by atoms with van der Waals surface area (Å²) < 4.78 is 19.5. The number of amides is 3. The number of halogens is 2. The van der Waals surface area contributed by atoms with Gasteiger partial charge in [0, 0.05) is 16.6 Å². The van der Waals surface area contributed by atoms with Gasteiger partial charge < -0.3 is 16.4 Å². The van der Waals surface area contributed by atoms with E-state index in [2.05, 4.69) is 15.0 Å². The number of benzene rings is 2. The SMILES string of the molecule is CC(C)(C)NC(=O)[C@@H](c1ccc(Cl)cc1)N(C(=O)c1snc(C(=O)NC2CCCCC2)c1N)c1ccccc1F. The predicted octanol–water partition coefficient (Wildman–Crippen LogP) is 5.88. The molecular weight excluding hydrogens is 553 g/mol. The van der Waals surface area contributed by atoms with E-state index in [0.29, 0.717) is 10.6 Å². The highest BCUT2D eigenvalue weighted by Gasteiger charge is 2.38. The smallest absolute Gasteiger partial charge is 0.273 e. The first-order chi connectivity index (χ1) is 19.0. The molecule has 2 aromatic carbocycles. The Labute approximate surface area is 242 Å². The van der Waals surface area contributed by atoms with Crippen molar-refractivity contribution in [3.8, 4) is 0 Å². The van der Waals surface area contributed by atoms with Crippen LogP contribution in [0.25, 0.3) is 0 Å². The number of nitrogens with zero attached hydrogens (tertiary/aromatic N) is 2. The van der Waals surface area contributed by atoms with Crippen molar-refractivity contribution in [1.29, 1.82) is 0 Å². The molecule has 0 spiro atoms. The lowest BCUT2D eigenvalue weighted by Crippen LogP contribution is -2.49. The number of hydrogen-bond donors (Lipinski definition) is 3. The Morgan fingerprint density at radius 1 is 1.07 bits per heavy atom. The molecule has 11 heteroatoms. The fraction of sp³-hybridized carbons (Fsp3) is 0.379. The third-order valence-corrected chi connectivity index (χ3v) is 7.70. The zero-order valence-electron chi connectivity index (χ0n) is 22.7. The normalized spacial score (nSPS) is 14.8. The molecule has 0 bridgehead atoms. The molecule has 212 valence electrons. The molecule has 1 saturated carbocycles. The molecule has 1 aliphatic rings. The maximum Gasteiger partial charge on any atom is 0.273 e. The van der Waals surface area contributed by atoms with E-state index in [-0.39, 0.29) is 28.0 Å². The molecule has 1 fully saturated rings. The third kappa shape index (κ3) is 6.79. The molecule has 0 saturated heterocycles. The first-order valence-electron chi connectivity index (χ1n) is 13.2. The molecule has 1 aromatic heterocycles. The number of para-hydroxylation sites is 1. The Balaban J connectivity index is 1.78. The minimum atomic E-state index is -1.29. The molecule has 1 atom stereocenters. The largest absolute Gasteiger partial charge is 0.395 e. The number of nitrogens with two attached hydrogens (primary N) is 1. The van der Waals surface area contributed by atoms with Crippen LogP contribution in [0.1, 0.15) is 84.6 Å². The Morgan fingerprint density at radius 3 is 2.35 bits per heavy atom. The lowest BCUT2D eigenvalue weighted by Gasteiger charge is -2.33. The van der Waals surface area contributed by atoms with Gasteiger partial charge in [0.25, 0.3) is 11.8 Å². The van der Waals surface area contributed by atoms with Gasteiger partial charge in [-0.2, -0.15) is 4.37 Å². The number of nitrogens with one attached hydrogen (secondary N) is 2. The lowest BCUT2D eigenvalue weighted by atomic mass is 9.95. The molecule has 1 heterocycles. The molecule has 1 aliphatic carbocycles. The van der Waals surface area contributed by atoms with E-state index in [0.717, 1.165) is 48.5 Å². The van der Waals surface area contributed by atoms with Gasteiger partial charge in [0.15, 0.2) is 5.69 Å². The minimum Gasteiger partial charge on any atom is -0.395 e. The highest BCUT2D eigenvalue weighted by Crippen LogP contribution is 2.35. The van der Waals surface area contributed by atoms with Gasteiger partial charge in [-0.05, 0) is 75.0 Å². The predicted molar refractivity (Wildman–Crippen MR) is 156 cm³/mol. The zero-order chi connectivity index (χ0) is 29.0. The molecule has 0 aliphatic heterocycles. The van der Waals surface area contributed by atoms with Gasteiger partial charge in [0.2, 0.25) is 5.91 Å². The first-order valence-corrected chi connectivity index (χ1v) is 14.3. The monoisotopic (exact) mass is 585 g/mol. The summed E-state index contributed by atoms with van der Waals surface area (Å²) >= 11 is 6.84. The molecule has 8 nitrogen and oxygen atoms in total. The summed E-state index contributed by atoms with van der Waals surface area (Å²) in [5.41, 5.74) is 5.78. The van der Waals surface area contributed by atoms with E-state index >= 15 is 4.39 Å². The second-order valence-corrected chi connectivity index (χ2v) is 12.1. The number of aromatic nitrogens is 1. The van der Waals surface area contributed by atoms with E-state index in [4.69, 9.17) is 17.3 Å². The molecule has 3 amide bonds. The number of carbonyl (C=O) groups is 3. The van der Waals surface area contributed by atoms with Gasteiger partial charge in [0.05, 0.1) is 11.4 Å². The third-order valence-electron chi connectivity index (χ3n) is 6.60. The van der Waals surface area contributed by atoms with Crippen molar-refractivity contribution in [1.82, 2.24) is 15.0 Å². The van der Waals surface area contributed by atoms with Crippen LogP contribution in [0.2, 0.25) is 5.02 Å². The van der Waals surface area contributed by atoms with E-state index in [1.54, 1.807) is 51.1 Å². The van der Waals surface area contributed by atoms with Crippen LogP contribution >= 0.6 is 23.1 Å². The van der Waals surface area contributed by atoms with Crippen LogP contribution in [0.5, 0.6) is 0 Å². The fourth-order valence-corrected chi connectivity index (χ4v) is 5.60. The lowest BCUT2D eigenvalue weighted by molar-refractivity contribution is -0.123. The number of rotatable bonds is 7. The molecule has 4 N–H and O–H groups in total. The number of anilines is 2. The van der Waals surface area contributed by atoms with Crippen molar-refractivity contribution < 1.29 is 18.8 Å². The summed E-state index contributed by atoms with van der Waals surface area (Å²) in [5, 5.41) is 6.29. The van der Waals surface area contributed by atoms with E-state index in [1.165, 1.54) is 18.2 Å². The number of carbonyl (C=O) groups excluding carboxylic acids is 3. The Morgan fingerprint density at radius 2 is 1.73 bits per heavy atom. The van der Waals surface area contributed by atoms with Gasteiger partial charge in [-0.3, -0.25) is 19.3 Å². The van der Waals surface area contributed by atoms with Crippen molar-refractivity contribution in [2.75, 3.05) is 10.6 Å². The van der Waals surface area contributed by atoms with Crippen molar-refractivity contribution in [3.05, 3.63) is 75.5 Å². The van der Waals surface area contributed by atoms with Crippen LogP contribution < -0.4 is 21.3 Å². The van der Waals surface area contributed by atoms with Crippen molar-refractivity contribution in [2.45, 2.75) is 70.5 Å². The standard InChI is InChI=1S/C29H33ClFN5O3S/c1-29(2,3)34-27(38)24(17-13-15-18(30)16-14-17)36(21-12-8-7-11-20(21)31)28(39)25-22(32)23(35-40-25)26(37)33-19-9-5-4-6-10-19/h7-8,11-16,19,24H,4-6,9-10,32H2,1-3H3,(H,33,37)(H,34,38)/t24-/m1/s1. The maximum atomic E-state index is 15.3. The summed E-state index contributed by atoms with van der Waals surface area (Å²) in [6, 6.07) is 10.8. The topological polar surface area (TPSA) is 117 Å². The Hall–Kier alpha value is -3.50. The van der Waals surface area contributed by atoms with Crippen LogP contribution in [-0.4, -0.2) is 33.7 Å². The van der Waals surface area contributed by atoms with Crippen LogP contribution in [-0.2, 0) is 4.79 Å². The molecule has 40 heavy (non-hydrogen) atoms. The molecule has 0 unspecified atom stereocenters. The zero-order valence-corrected chi connectivity index (χ0v) is 24.2. The van der Waals surface area contributed by atoms with Gasteiger partial charge in [-0.25, -0.2) is 4.39 Å². The molecular formula is C29H33ClFN5O3S. The average molecular weight is 586 g/mol. The fourth-order valence-electron chi connectivity index (χ4n) is 4.74. The van der Waals surface area contributed by atoms with Crippen molar-refractivity contribution in [2.24, 2.45) is 0 Å². The molecule has 0 radical (unpaired) electrons. The summed E-state index contributed by atoms with van der Waals surface area (Å²) in [6.07, 6.45) is 4.93. The van der Waals surface area contributed by atoms with Gasteiger partial charge in [0.1, 0.15) is 16.7 Å². The second kappa shape index (κ2) is 12.3. The number of hydrogen-bond acceptors (Lipinski definition) is 6. The summed E-state index contributed by atoms with van der Waals surface area (Å²) in [5.74, 6) is -2.47. The first kappa shape index (κ1) is 29.5. The van der Waals surface area contributed by atoms with Crippen LogP contribution in [0.15, 0.2) is 48.5 Å². The Bertz CT molecular complexity index is 1380. The summed E-state index contributed by atoms with van der Waals surface area (Å²) in [7, 11) is 0. The highest BCUT2D eigenvalue weighted by atomic mass is 35.5. The van der Waals surface area contributed by atoms with E-state index in [9.17, 15) is 14.4 Å². The average Bonchev–Trinajstić information content (AvgIpc) is 3.29. The summed E-state index contributed by atoms with van der Waals surface area (Å²) in [4.78, 5) is 42.0. The van der Waals surface area contributed by atoms with Gasteiger partial charge >= 0.3 is 0 Å². The summed E-state index contributed by atoms with van der Waals surface area (Å²) in [6.45, 7) is 5.41. The second-order valence-electron chi connectivity index (χ2n) is 10.9. The van der Waals surface area contributed by atoms with Crippen molar-refractivity contribution >= 4 is 52.2 Å². The van der Waals surface area contributed by atoms with Gasteiger partial charge in [-0.1, -0.05) is 55.1 Å². The van der Waals surface area contributed by atoms with Crippen molar-refractivity contribution in [3.63, 3.8) is 0 Å². The highest BCUT2D eigenvalue weighted by molar-refractivity contribution is 7.09.